The van der Waals surface area contributed by atoms with Crippen molar-refractivity contribution in [2.24, 2.45) is 0 Å². The van der Waals surface area contributed by atoms with Crippen LogP contribution in [0.15, 0.2) is 36.4 Å². The van der Waals surface area contributed by atoms with E-state index in [1.807, 2.05) is 12.1 Å². The third-order valence-corrected chi connectivity index (χ3v) is 2.92. The summed E-state index contributed by atoms with van der Waals surface area (Å²) in [5.41, 5.74) is 0.0220. The van der Waals surface area contributed by atoms with E-state index in [9.17, 15) is 9.18 Å². The lowest BCUT2D eigenvalue weighted by Crippen LogP contribution is -2.24. The summed E-state index contributed by atoms with van der Waals surface area (Å²) in [4.78, 5) is 11.1. The number of hydrogen-bond acceptors (Lipinski definition) is 2. The van der Waals surface area contributed by atoms with Gasteiger partial charge in [0.15, 0.2) is 0 Å². The molecule has 0 N–H and O–H groups in total. The monoisotopic (exact) mass is 246 g/mol. The molecule has 0 spiro atoms. The van der Waals surface area contributed by atoms with Gasteiger partial charge in [0.05, 0.1) is 0 Å². The fourth-order valence-corrected chi connectivity index (χ4v) is 2.21. The number of hydrogen-bond donors (Lipinski definition) is 0. The van der Waals surface area contributed by atoms with Crippen LogP contribution in [0.5, 0.6) is 0 Å². The first-order valence-corrected chi connectivity index (χ1v) is 5.79. The molecule has 2 nitrogen and oxygen atoms in total. The van der Waals surface area contributed by atoms with Gasteiger partial charge in [0, 0.05) is 17.9 Å². The molecule has 2 aromatic rings. The zero-order chi connectivity index (χ0) is 13.3. The van der Waals surface area contributed by atoms with Crippen LogP contribution >= 0.6 is 0 Å². The van der Waals surface area contributed by atoms with E-state index >= 15 is 0 Å². The van der Waals surface area contributed by atoms with Crippen molar-refractivity contribution in [2.75, 3.05) is 0 Å². The molecule has 0 fully saturated rings. The molecule has 18 heavy (non-hydrogen) atoms. The van der Waals surface area contributed by atoms with Crippen molar-refractivity contribution in [3.05, 3.63) is 47.8 Å². The lowest BCUT2D eigenvalue weighted by atomic mass is 9.92. The third kappa shape index (κ3) is 2.21. The van der Waals surface area contributed by atoms with Crippen LogP contribution in [0.25, 0.3) is 10.8 Å². The second-order valence-electron chi connectivity index (χ2n) is 4.74. The highest BCUT2D eigenvalue weighted by Crippen LogP contribution is 2.32. The molecule has 0 atom stereocenters. The van der Waals surface area contributed by atoms with Gasteiger partial charge in [-0.1, -0.05) is 30.3 Å². The van der Waals surface area contributed by atoms with E-state index in [0.717, 1.165) is 10.9 Å². The minimum Gasteiger partial charge on any atom is -0.455 e. The number of benzene rings is 2. The van der Waals surface area contributed by atoms with Gasteiger partial charge in [-0.05, 0) is 25.3 Å². The smallest absolute Gasteiger partial charge is 0.303 e. The predicted molar refractivity (Wildman–Crippen MR) is 68.7 cm³/mol. The van der Waals surface area contributed by atoms with E-state index in [2.05, 4.69) is 0 Å². The molecule has 2 rings (SSSR count). The van der Waals surface area contributed by atoms with Gasteiger partial charge in [-0.15, -0.1) is 0 Å². The van der Waals surface area contributed by atoms with Crippen LogP contribution in [0.1, 0.15) is 26.3 Å². The van der Waals surface area contributed by atoms with Gasteiger partial charge in [0.25, 0.3) is 0 Å². The SMILES string of the molecule is CC(=O)OC(C)(C)c1cccc2c(F)cccc12. The average molecular weight is 246 g/mol. The summed E-state index contributed by atoms with van der Waals surface area (Å²) in [6.07, 6.45) is 0. The zero-order valence-corrected chi connectivity index (χ0v) is 10.7. The summed E-state index contributed by atoms with van der Waals surface area (Å²) >= 11 is 0. The summed E-state index contributed by atoms with van der Waals surface area (Å²) < 4.78 is 19.0. The fraction of sp³-hybridized carbons (Fsp3) is 0.267. The molecule has 0 aromatic heterocycles. The molecule has 0 saturated carbocycles. The van der Waals surface area contributed by atoms with Crippen molar-refractivity contribution in [1.82, 2.24) is 0 Å². The van der Waals surface area contributed by atoms with Gasteiger partial charge in [0.1, 0.15) is 11.4 Å². The predicted octanol–water partition coefficient (Wildman–Crippen LogP) is 3.78. The Morgan fingerprint density at radius 1 is 1.11 bits per heavy atom. The standard InChI is InChI=1S/C15H15FO2/c1-10(17)18-15(2,3)13-8-4-7-12-11(13)6-5-9-14(12)16/h4-9H,1-3H3. The second-order valence-corrected chi connectivity index (χ2v) is 4.74. The maximum Gasteiger partial charge on any atom is 0.303 e. The fourth-order valence-electron chi connectivity index (χ4n) is 2.21. The Hall–Kier alpha value is -1.90. The van der Waals surface area contributed by atoms with Gasteiger partial charge < -0.3 is 4.74 Å². The number of carbonyl (C=O) groups is 1. The normalized spacial score (nSPS) is 11.6. The number of rotatable bonds is 2. The van der Waals surface area contributed by atoms with Gasteiger partial charge >= 0.3 is 5.97 Å². The first-order valence-electron chi connectivity index (χ1n) is 5.79. The highest BCUT2D eigenvalue weighted by atomic mass is 19.1. The molecule has 0 aliphatic heterocycles. The Morgan fingerprint density at radius 2 is 1.72 bits per heavy atom. The largest absolute Gasteiger partial charge is 0.455 e. The third-order valence-electron chi connectivity index (χ3n) is 2.92. The highest BCUT2D eigenvalue weighted by molar-refractivity contribution is 5.87. The van der Waals surface area contributed by atoms with E-state index in [1.54, 1.807) is 32.0 Å². The molecular formula is C15H15FO2. The van der Waals surface area contributed by atoms with Gasteiger partial charge in [-0.25, -0.2) is 4.39 Å². The Kier molecular flexibility index (Phi) is 3.07. The molecule has 0 aliphatic rings. The molecule has 2 aromatic carbocycles. The molecule has 94 valence electrons. The summed E-state index contributed by atoms with van der Waals surface area (Å²) in [6.45, 7) is 4.97. The van der Waals surface area contributed by atoms with Crippen molar-refractivity contribution in [3.8, 4) is 0 Å². The quantitative estimate of drug-likeness (QED) is 0.754. The van der Waals surface area contributed by atoms with Gasteiger partial charge in [-0.3, -0.25) is 4.79 Å². The molecule has 0 aliphatic carbocycles. The lowest BCUT2D eigenvalue weighted by molar-refractivity contribution is -0.154. The zero-order valence-electron chi connectivity index (χ0n) is 10.7. The van der Waals surface area contributed by atoms with E-state index < -0.39 is 5.60 Å². The highest BCUT2D eigenvalue weighted by Gasteiger charge is 2.26. The molecule has 0 radical (unpaired) electrons. The van der Waals surface area contributed by atoms with Crippen LogP contribution in [0.2, 0.25) is 0 Å². The number of fused-ring (bicyclic) bond motifs is 1. The summed E-state index contributed by atoms with van der Waals surface area (Å²) in [6, 6.07) is 10.3. The van der Waals surface area contributed by atoms with Crippen LogP contribution in [0, 0.1) is 5.82 Å². The maximum atomic E-state index is 13.7. The number of esters is 1. The minimum absolute atomic E-state index is 0.270. The van der Waals surface area contributed by atoms with Crippen molar-refractivity contribution in [1.29, 1.82) is 0 Å². The van der Waals surface area contributed by atoms with E-state index in [1.165, 1.54) is 13.0 Å². The second kappa shape index (κ2) is 4.41. The molecular weight excluding hydrogens is 231 g/mol. The Morgan fingerprint density at radius 3 is 2.39 bits per heavy atom. The van der Waals surface area contributed by atoms with Gasteiger partial charge in [0.2, 0.25) is 0 Å². The first kappa shape index (κ1) is 12.6. The lowest BCUT2D eigenvalue weighted by Gasteiger charge is -2.26. The van der Waals surface area contributed by atoms with Crippen molar-refractivity contribution < 1.29 is 13.9 Å². The van der Waals surface area contributed by atoms with Crippen molar-refractivity contribution >= 4 is 16.7 Å². The molecule has 0 heterocycles. The number of carbonyl (C=O) groups excluding carboxylic acids is 1. The Balaban J connectivity index is 2.65. The van der Waals surface area contributed by atoms with Crippen molar-refractivity contribution in [2.45, 2.75) is 26.4 Å². The van der Waals surface area contributed by atoms with Crippen LogP contribution in [-0.2, 0) is 15.1 Å². The summed E-state index contributed by atoms with van der Waals surface area (Å²) in [5.74, 6) is -0.624. The van der Waals surface area contributed by atoms with E-state index in [4.69, 9.17) is 4.74 Å². The minimum atomic E-state index is -0.779. The van der Waals surface area contributed by atoms with Crippen LogP contribution in [-0.4, -0.2) is 5.97 Å². The van der Waals surface area contributed by atoms with Crippen LogP contribution in [0.3, 0.4) is 0 Å². The van der Waals surface area contributed by atoms with Crippen molar-refractivity contribution in [3.63, 3.8) is 0 Å². The Bertz CT molecular complexity index is 602. The maximum absolute atomic E-state index is 13.7. The first-order chi connectivity index (χ1) is 8.42. The Labute approximate surface area is 105 Å². The molecule has 0 bridgehead atoms. The van der Waals surface area contributed by atoms with Crippen LogP contribution < -0.4 is 0 Å². The topological polar surface area (TPSA) is 26.3 Å². The summed E-state index contributed by atoms with van der Waals surface area (Å²) in [5, 5.41) is 1.30. The van der Waals surface area contributed by atoms with E-state index in [-0.39, 0.29) is 11.8 Å². The molecule has 0 saturated heterocycles. The summed E-state index contributed by atoms with van der Waals surface area (Å²) in [7, 11) is 0. The number of ether oxygens (including phenoxy) is 1. The number of halogens is 1. The van der Waals surface area contributed by atoms with E-state index in [0.29, 0.717) is 5.39 Å². The average Bonchev–Trinajstić information content (AvgIpc) is 2.27. The van der Waals surface area contributed by atoms with Crippen LogP contribution in [0.4, 0.5) is 4.39 Å². The van der Waals surface area contributed by atoms with Gasteiger partial charge in [-0.2, -0.15) is 0 Å². The molecule has 0 amide bonds. The molecule has 0 unspecified atom stereocenters. The molecule has 3 heteroatoms.